The molecule has 0 saturated carbocycles. The van der Waals surface area contributed by atoms with Crippen molar-refractivity contribution in [2.75, 3.05) is 5.01 Å². The number of rotatable bonds is 0. The summed E-state index contributed by atoms with van der Waals surface area (Å²) in [6.07, 6.45) is -0.548. The summed E-state index contributed by atoms with van der Waals surface area (Å²) in [6.45, 7) is 9.02. The fraction of sp³-hybridized carbons (Fsp3) is 0.500. The summed E-state index contributed by atoms with van der Waals surface area (Å²) in [4.78, 5) is 26.8. The number of ketones is 1. The lowest BCUT2D eigenvalue weighted by Gasteiger charge is -2.31. The van der Waals surface area contributed by atoms with Crippen molar-refractivity contribution in [1.29, 1.82) is 0 Å². The molecule has 1 amide bonds. The Morgan fingerprint density at radius 2 is 1.96 bits per heavy atom. The van der Waals surface area contributed by atoms with E-state index in [1.54, 1.807) is 39.0 Å². The Bertz CT molecular complexity index is 790. The van der Waals surface area contributed by atoms with Crippen molar-refractivity contribution >= 4 is 22.9 Å². The molecule has 1 aliphatic heterocycles. The second-order valence-corrected chi connectivity index (χ2v) is 6.87. The average Bonchev–Trinajstić information content (AvgIpc) is 2.84. The second kappa shape index (κ2) is 5.04. The summed E-state index contributed by atoms with van der Waals surface area (Å²) in [6, 6.07) is 4.87. The molecular weight excluding hydrogens is 296 g/mol. The van der Waals surface area contributed by atoms with Crippen molar-refractivity contribution in [2.45, 2.75) is 46.3 Å². The van der Waals surface area contributed by atoms with Crippen LogP contribution in [-0.4, -0.2) is 38.6 Å². The van der Waals surface area contributed by atoms with Gasteiger partial charge in [-0.25, -0.2) is 4.79 Å². The van der Waals surface area contributed by atoms with Crippen LogP contribution in [0.1, 0.15) is 45.0 Å². The number of para-hydroxylation sites is 1. The molecule has 0 spiro atoms. The minimum absolute atomic E-state index is 0.0299. The zero-order valence-electron chi connectivity index (χ0n) is 13.9. The van der Waals surface area contributed by atoms with Gasteiger partial charge in [0.1, 0.15) is 16.6 Å². The van der Waals surface area contributed by atoms with E-state index in [1.807, 2.05) is 13.8 Å². The number of aromatic nitrogens is 3. The van der Waals surface area contributed by atoms with Crippen LogP contribution in [0.3, 0.4) is 0 Å². The van der Waals surface area contributed by atoms with Gasteiger partial charge in [-0.2, -0.15) is 5.01 Å². The quantitative estimate of drug-likeness (QED) is 0.746. The van der Waals surface area contributed by atoms with E-state index in [0.29, 0.717) is 16.6 Å². The lowest BCUT2D eigenvalue weighted by atomic mass is 9.93. The van der Waals surface area contributed by atoms with Gasteiger partial charge in [0.05, 0.1) is 6.04 Å². The van der Waals surface area contributed by atoms with Crippen molar-refractivity contribution in [1.82, 2.24) is 15.1 Å². The van der Waals surface area contributed by atoms with Gasteiger partial charge in [-0.1, -0.05) is 13.0 Å². The Morgan fingerprint density at radius 3 is 2.61 bits per heavy atom. The van der Waals surface area contributed by atoms with E-state index in [0.717, 1.165) is 0 Å². The van der Waals surface area contributed by atoms with Crippen LogP contribution in [0.4, 0.5) is 4.79 Å². The highest BCUT2D eigenvalue weighted by Crippen LogP contribution is 2.28. The molecule has 0 N–H and O–H groups in total. The van der Waals surface area contributed by atoms with Gasteiger partial charge in [-0.05, 0) is 45.0 Å². The van der Waals surface area contributed by atoms with E-state index in [-0.39, 0.29) is 11.7 Å². The molecule has 1 aromatic carbocycles. The monoisotopic (exact) mass is 316 g/mol. The Balaban J connectivity index is 2.19. The summed E-state index contributed by atoms with van der Waals surface area (Å²) in [5, 5.41) is 9.52. The van der Waals surface area contributed by atoms with Crippen molar-refractivity contribution in [3.8, 4) is 0 Å². The maximum Gasteiger partial charge on any atom is 0.431 e. The molecule has 2 unspecified atom stereocenters. The molecular formula is C16H20N4O3. The first-order valence-corrected chi connectivity index (χ1v) is 7.62. The van der Waals surface area contributed by atoms with Crippen molar-refractivity contribution in [2.24, 2.45) is 5.92 Å². The van der Waals surface area contributed by atoms with E-state index < -0.39 is 17.7 Å². The normalized spacial score (nSPS) is 21.4. The first-order chi connectivity index (χ1) is 10.7. The van der Waals surface area contributed by atoms with Crippen molar-refractivity contribution in [3.05, 3.63) is 23.8 Å². The Labute approximate surface area is 134 Å². The SMILES string of the molecule is CC1C(=O)c2cccc3nnn(c23)N(C(=O)OC(C)(C)C)C1C. The maximum absolute atomic E-state index is 12.7. The molecule has 2 aromatic rings. The van der Waals surface area contributed by atoms with Gasteiger partial charge < -0.3 is 4.74 Å². The Hall–Kier alpha value is -2.44. The highest BCUT2D eigenvalue weighted by molar-refractivity contribution is 6.09. The highest BCUT2D eigenvalue weighted by Gasteiger charge is 2.39. The van der Waals surface area contributed by atoms with Gasteiger partial charge in [0.2, 0.25) is 0 Å². The number of carbonyl (C=O) groups excluding carboxylic acids is 2. The molecule has 1 aliphatic rings. The largest absolute Gasteiger partial charge is 0.442 e. The molecule has 0 radical (unpaired) electrons. The van der Waals surface area contributed by atoms with Crippen LogP contribution in [0.25, 0.3) is 11.0 Å². The van der Waals surface area contributed by atoms with Crippen LogP contribution in [0.15, 0.2) is 18.2 Å². The number of carbonyl (C=O) groups is 2. The third kappa shape index (κ3) is 2.46. The van der Waals surface area contributed by atoms with Crippen LogP contribution in [0, 0.1) is 5.92 Å². The summed E-state index contributed by atoms with van der Waals surface area (Å²) in [5.74, 6) is -0.410. The average molecular weight is 316 g/mol. The molecule has 7 heteroatoms. The smallest absolute Gasteiger partial charge is 0.431 e. The Kier molecular flexibility index (Phi) is 3.39. The van der Waals surface area contributed by atoms with Crippen LogP contribution >= 0.6 is 0 Å². The molecule has 0 aliphatic carbocycles. The molecule has 3 rings (SSSR count). The van der Waals surface area contributed by atoms with Crippen LogP contribution in [0.5, 0.6) is 0 Å². The van der Waals surface area contributed by atoms with E-state index in [4.69, 9.17) is 4.74 Å². The lowest BCUT2D eigenvalue weighted by Crippen LogP contribution is -2.52. The molecule has 2 atom stereocenters. The molecule has 0 saturated heterocycles. The summed E-state index contributed by atoms with van der Waals surface area (Å²) < 4.78 is 5.49. The van der Waals surface area contributed by atoms with Crippen molar-refractivity contribution in [3.63, 3.8) is 0 Å². The number of nitrogens with zero attached hydrogens (tertiary/aromatic N) is 4. The van der Waals surface area contributed by atoms with Gasteiger partial charge in [0, 0.05) is 11.5 Å². The van der Waals surface area contributed by atoms with E-state index in [2.05, 4.69) is 10.3 Å². The fourth-order valence-electron chi connectivity index (χ4n) is 2.71. The molecule has 7 nitrogen and oxygen atoms in total. The molecule has 0 fully saturated rings. The fourth-order valence-corrected chi connectivity index (χ4v) is 2.71. The number of hydrogen-bond acceptors (Lipinski definition) is 5. The van der Waals surface area contributed by atoms with Gasteiger partial charge in [-0.15, -0.1) is 9.89 Å². The molecule has 0 bridgehead atoms. The number of benzene rings is 1. The van der Waals surface area contributed by atoms with Gasteiger partial charge in [0.15, 0.2) is 5.78 Å². The lowest BCUT2D eigenvalue weighted by molar-refractivity contribution is 0.0502. The van der Waals surface area contributed by atoms with Crippen LogP contribution in [0.2, 0.25) is 0 Å². The standard InChI is InChI=1S/C16H20N4O3/c1-9-10(2)19(15(22)23-16(3,4)5)20-13-11(14(9)21)7-6-8-12(13)17-18-20/h6-10H,1-5H3. The number of Topliss-reactive ketones (excluding diaryl/α,β-unsaturated/α-hetero) is 1. The van der Waals surface area contributed by atoms with Crippen LogP contribution in [-0.2, 0) is 4.74 Å². The molecule has 2 heterocycles. The zero-order valence-corrected chi connectivity index (χ0v) is 13.9. The minimum atomic E-state index is -0.643. The van der Waals surface area contributed by atoms with E-state index in [9.17, 15) is 9.59 Å². The third-order valence-corrected chi connectivity index (χ3v) is 4.02. The summed E-state index contributed by atoms with van der Waals surface area (Å²) >= 11 is 0. The van der Waals surface area contributed by atoms with Gasteiger partial charge in [-0.3, -0.25) is 4.79 Å². The second-order valence-electron chi connectivity index (χ2n) is 6.87. The first-order valence-electron chi connectivity index (χ1n) is 7.62. The summed E-state index contributed by atoms with van der Waals surface area (Å²) in [5.41, 5.74) is 0.999. The predicted molar refractivity (Wildman–Crippen MR) is 84.9 cm³/mol. The van der Waals surface area contributed by atoms with Gasteiger partial charge >= 0.3 is 6.09 Å². The van der Waals surface area contributed by atoms with E-state index >= 15 is 0 Å². The highest BCUT2D eigenvalue weighted by atomic mass is 16.6. The number of ether oxygens (including phenoxy) is 1. The van der Waals surface area contributed by atoms with Crippen LogP contribution < -0.4 is 5.01 Å². The molecule has 23 heavy (non-hydrogen) atoms. The minimum Gasteiger partial charge on any atom is -0.442 e. The number of amides is 1. The van der Waals surface area contributed by atoms with Crippen molar-refractivity contribution < 1.29 is 14.3 Å². The maximum atomic E-state index is 12.7. The topological polar surface area (TPSA) is 77.3 Å². The first kappa shape index (κ1) is 15.5. The molecule has 1 aromatic heterocycles. The Morgan fingerprint density at radius 1 is 1.26 bits per heavy atom. The number of hydrogen-bond donors (Lipinski definition) is 0. The van der Waals surface area contributed by atoms with E-state index in [1.165, 1.54) is 9.80 Å². The molecule has 122 valence electrons. The zero-order chi connectivity index (χ0) is 16.9. The summed E-state index contributed by atoms with van der Waals surface area (Å²) in [7, 11) is 0. The van der Waals surface area contributed by atoms with Gasteiger partial charge in [0.25, 0.3) is 0 Å². The third-order valence-electron chi connectivity index (χ3n) is 4.02. The predicted octanol–water partition coefficient (Wildman–Crippen LogP) is 2.53.